The van der Waals surface area contributed by atoms with Gasteiger partial charge in [0, 0.05) is 0 Å². The van der Waals surface area contributed by atoms with Gasteiger partial charge in [0.05, 0.1) is 0 Å². The number of ketones is 1. The van der Waals surface area contributed by atoms with Gasteiger partial charge < -0.3 is 0 Å². The molecule has 1 saturated heterocycles. The molecule has 0 radical (unpaired) electrons. The Labute approximate surface area is 223 Å². The average Bonchev–Trinajstić information content (AvgIpc) is 3.27. The van der Waals surface area contributed by atoms with Crippen molar-refractivity contribution >= 4 is 46.8 Å². The second-order valence-electron chi connectivity index (χ2n) is 9.89. The summed E-state index contributed by atoms with van der Waals surface area (Å²) in [6, 6.07) is 31.3. The van der Waals surface area contributed by atoms with Crippen molar-refractivity contribution in [3.05, 3.63) is 91.0 Å². The molecular weight excluding hydrogens is 569 g/mol. The molecular formula is C31H35NO4Sn. The Morgan fingerprint density at radius 2 is 1.30 bits per heavy atom. The van der Waals surface area contributed by atoms with Crippen LogP contribution >= 0.6 is 0 Å². The van der Waals surface area contributed by atoms with Gasteiger partial charge in [0.15, 0.2) is 0 Å². The number of Topliss-reactive ketones (excluding diaryl/α,β-unsaturated/α-hetero) is 1. The molecule has 2 atom stereocenters. The molecule has 2 unspecified atom stereocenters. The molecule has 0 spiro atoms. The second kappa shape index (κ2) is 11.6. The van der Waals surface area contributed by atoms with E-state index in [1.807, 2.05) is 54.6 Å². The van der Waals surface area contributed by atoms with Crippen LogP contribution in [0, 0.1) is 5.92 Å². The minimum absolute atomic E-state index is 0.0176. The van der Waals surface area contributed by atoms with Crippen molar-refractivity contribution in [2.24, 2.45) is 5.92 Å². The van der Waals surface area contributed by atoms with Crippen LogP contribution in [-0.4, -0.2) is 59.6 Å². The maximum absolute atomic E-state index is 14.2. The van der Waals surface area contributed by atoms with Crippen LogP contribution in [0.4, 0.5) is 0 Å². The fourth-order valence-corrected chi connectivity index (χ4v) is 21.4. The Hall–Kier alpha value is -2.93. The van der Waals surface area contributed by atoms with Crippen molar-refractivity contribution in [1.29, 1.82) is 0 Å². The van der Waals surface area contributed by atoms with E-state index in [1.165, 1.54) is 17.7 Å². The van der Waals surface area contributed by atoms with Gasteiger partial charge in [-0.15, -0.1) is 0 Å². The predicted octanol–water partition coefficient (Wildman–Crippen LogP) is 3.31. The number of benzene rings is 3. The number of esters is 1. The van der Waals surface area contributed by atoms with Crippen molar-refractivity contribution < 1.29 is 19.1 Å². The summed E-state index contributed by atoms with van der Waals surface area (Å²) in [5.74, 6) is -0.838. The maximum atomic E-state index is 14.2. The minimum atomic E-state index is -4.04. The number of ether oxygens (including phenoxy) is 1. The third-order valence-electron chi connectivity index (χ3n) is 7.74. The van der Waals surface area contributed by atoms with Crippen LogP contribution in [0.5, 0.6) is 0 Å². The van der Waals surface area contributed by atoms with Crippen molar-refractivity contribution in [3.63, 3.8) is 0 Å². The molecule has 0 aliphatic carbocycles. The third kappa shape index (κ3) is 5.11. The number of likely N-dealkylation sites (tertiary alicyclic amines) is 1. The van der Waals surface area contributed by atoms with Crippen molar-refractivity contribution in [2.45, 2.75) is 43.6 Å². The molecule has 1 fully saturated rings. The summed E-state index contributed by atoms with van der Waals surface area (Å²) >= 11 is -4.04. The topological polar surface area (TPSA) is 63.7 Å². The SMILES string of the molecule is CCOC(=O)C1([CH2][Sn]([c]2ccccc2)([c]2ccccc2)[c]2ccccc2)C(CC(C)=O)CCN1C(C)=O. The molecule has 192 valence electrons. The first kappa shape index (κ1) is 27.1. The molecule has 1 aliphatic heterocycles. The third-order valence-corrected chi connectivity index (χ3v) is 22.1. The second-order valence-corrected chi connectivity index (χ2v) is 21.0. The van der Waals surface area contributed by atoms with Crippen LogP contribution in [0.25, 0.3) is 0 Å². The summed E-state index contributed by atoms with van der Waals surface area (Å²) in [6.45, 7) is 5.53. The molecule has 0 saturated carbocycles. The van der Waals surface area contributed by atoms with Gasteiger partial charge in [-0.3, -0.25) is 0 Å². The van der Waals surface area contributed by atoms with Gasteiger partial charge in [0.1, 0.15) is 0 Å². The van der Waals surface area contributed by atoms with E-state index in [4.69, 9.17) is 4.74 Å². The summed E-state index contributed by atoms with van der Waals surface area (Å²) in [6.07, 6.45) is 0.835. The molecule has 3 aromatic carbocycles. The van der Waals surface area contributed by atoms with E-state index >= 15 is 0 Å². The van der Waals surface area contributed by atoms with E-state index in [-0.39, 0.29) is 30.6 Å². The molecule has 1 amide bonds. The van der Waals surface area contributed by atoms with Gasteiger partial charge in [-0.2, -0.15) is 0 Å². The summed E-state index contributed by atoms with van der Waals surface area (Å²) in [5.41, 5.74) is -1.22. The van der Waals surface area contributed by atoms with Crippen LogP contribution in [0.3, 0.4) is 0 Å². The fourth-order valence-electron chi connectivity index (χ4n) is 6.22. The summed E-state index contributed by atoms with van der Waals surface area (Å²) in [4.78, 5) is 41.5. The molecule has 0 bridgehead atoms. The predicted molar refractivity (Wildman–Crippen MR) is 149 cm³/mol. The zero-order valence-corrected chi connectivity index (χ0v) is 24.7. The molecule has 4 rings (SSSR count). The van der Waals surface area contributed by atoms with Crippen LogP contribution < -0.4 is 10.7 Å². The monoisotopic (exact) mass is 605 g/mol. The number of rotatable bonds is 9. The summed E-state index contributed by atoms with van der Waals surface area (Å²) < 4.78 is 9.89. The van der Waals surface area contributed by atoms with Crippen LogP contribution in [0.1, 0.15) is 33.6 Å². The number of hydrogen-bond acceptors (Lipinski definition) is 4. The molecule has 0 N–H and O–H groups in total. The van der Waals surface area contributed by atoms with E-state index in [0.717, 1.165) is 0 Å². The van der Waals surface area contributed by atoms with Gasteiger partial charge in [-0.25, -0.2) is 0 Å². The first-order valence-electron chi connectivity index (χ1n) is 13.0. The standard InChI is InChI=1S/C13H20NO4.3C6H5.Sn/c1-5-18-12(17)13(4)11(8-9(2)15)6-7-14(13)10(3)16;3*1-2-4-6-5-3-1;/h11H,4-8H2,1-3H3;3*1-5H;. The Morgan fingerprint density at radius 1 is 0.838 bits per heavy atom. The number of carbonyl (C=O) groups excluding carboxylic acids is 3. The van der Waals surface area contributed by atoms with E-state index in [2.05, 4.69) is 36.4 Å². The summed E-state index contributed by atoms with van der Waals surface area (Å²) in [7, 11) is 0. The fraction of sp³-hybridized carbons (Fsp3) is 0.323. The van der Waals surface area contributed by atoms with Gasteiger partial charge in [0.25, 0.3) is 0 Å². The van der Waals surface area contributed by atoms with Gasteiger partial charge >= 0.3 is 224 Å². The summed E-state index contributed by atoms with van der Waals surface area (Å²) in [5, 5.41) is 0. The van der Waals surface area contributed by atoms with Crippen LogP contribution in [-0.2, 0) is 19.1 Å². The molecule has 3 aromatic rings. The molecule has 0 aromatic heterocycles. The first-order valence-corrected chi connectivity index (χ1v) is 19.3. The van der Waals surface area contributed by atoms with Gasteiger partial charge in [-0.1, -0.05) is 0 Å². The Balaban J connectivity index is 2.08. The Morgan fingerprint density at radius 3 is 1.68 bits per heavy atom. The van der Waals surface area contributed by atoms with E-state index in [9.17, 15) is 14.4 Å². The van der Waals surface area contributed by atoms with Crippen LogP contribution in [0.15, 0.2) is 91.0 Å². The van der Waals surface area contributed by atoms with Crippen molar-refractivity contribution in [2.75, 3.05) is 13.2 Å². The Bertz CT molecular complexity index is 1140. The van der Waals surface area contributed by atoms with Crippen LogP contribution in [0.2, 0.25) is 4.44 Å². The van der Waals surface area contributed by atoms with E-state index in [1.54, 1.807) is 18.7 Å². The van der Waals surface area contributed by atoms with E-state index in [0.29, 0.717) is 17.4 Å². The molecule has 5 nitrogen and oxygen atoms in total. The van der Waals surface area contributed by atoms with Crippen molar-refractivity contribution in [1.82, 2.24) is 4.90 Å². The number of hydrogen-bond donors (Lipinski definition) is 0. The Kier molecular flexibility index (Phi) is 8.52. The molecule has 37 heavy (non-hydrogen) atoms. The first-order chi connectivity index (χ1) is 17.9. The van der Waals surface area contributed by atoms with E-state index < -0.39 is 29.9 Å². The van der Waals surface area contributed by atoms with Crippen molar-refractivity contribution in [3.8, 4) is 0 Å². The normalized spacial score (nSPS) is 19.4. The molecule has 1 heterocycles. The zero-order chi connectivity index (χ0) is 26.5. The zero-order valence-electron chi connectivity index (χ0n) is 21.9. The molecule has 1 aliphatic rings. The number of carbonyl (C=O) groups is 3. The van der Waals surface area contributed by atoms with Gasteiger partial charge in [-0.05, 0) is 0 Å². The van der Waals surface area contributed by atoms with Gasteiger partial charge in [0.2, 0.25) is 0 Å². The molecule has 6 heteroatoms. The average molecular weight is 604 g/mol. The number of amides is 1. The number of nitrogens with zero attached hydrogens (tertiary/aromatic N) is 1. The quantitative estimate of drug-likeness (QED) is 0.278.